The first-order valence-electron chi connectivity index (χ1n) is 15.6. The molecular weight excluding hydrogens is 617 g/mol. The summed E-state index contributed by atoms with van der Waals surface area (Å²) in [5, 5.41) is 7.70. The number of aryl methyl sites for hydroxylation is 1. The molecule has 3 aromatic heterocycles. The van der Waals surface area contributed by atoms with Gasteiger partial charge in [0.1, 0.15) is 17.2 Å². The molecule has 47 heavy (non-hydrogen) atoms. The Hall–Kier alpha value is -4.96. The van der Waals surface area contributed by atoms with Crippen LogP contribution in [-0.4, -0.2) is 36.2 Å². The minimum atomic E-state index is -2.48. The van der Waals surface area contributed by atoms with Crippen molar-refractivity contribution >= 4 is 31.0 Å². The van der Waals surface area contributed by atoms with E-state index in [1.54, 1.807) is 12.4 Å². The van der Waals surface area contributed by atoms with Gasteiger partial charge in [-0.15, -0.1) is 0 Å². The Bertz CT molecular complexity index is 2320. The van der Waals surface area contributed by atoms with E-state index in [0.29, 0.717) is 52.8 Å². The van der Waals surface area contributed by atoms with Gasteiger partial charge in [-0.2, -0.15) is 0 Å². The number of oxazole rings is 2. The molecule has 7 heterocycles. The minimum Gasteiger partial charge on any atom is -0.469 e. The summed E-state index contributed by atoms with van der Waals surface area (Å²) in [6.45, 7) is 4.05. The quantitative estimate of drug-likeness (QED) is 0.161. The number of nitrogens with zero attached hydrogens (tertiary/aromatic N) is 3. The molecule has 3 atom stereocenters. The van der Waals surface area contributed by atoms with Crippen LogP contribution in [0.3, 0.4) is 0 Å². The molecule has 0 fully saturated rings. The molecule has 4 aliphatic rings. The first-order chi connectivity index (χ1) is 22.8. The SMILES string of the molecule is CC(C)C1NC(=O)CCc2ccc3c(c2)C24c5cccc(c5NC2O3)-c2cccc3c2c(cn3P(O)O)-c2cnc(o2)-c2nc1oc24. The molecular formula is C35H28N5O6P. The van der Waals surface area contributed by atoms with E-state index in [9.17, 15) is 14.6 Å². The first-order valence-corrected chi connectivity index (χ1v) is 16.8. The van der Waals surface area contributed by atoms with Gasteiger partial charge in [0.05, 0.1) is 11.7 Å². The lowest BCUT2D eigenvalue weighted by atomic mass is 9.72. The molecule has 4 N–H and O–H groups in total. The largest absolute Gasteiger partial charge is 0.469 e. The zero-order chi connectivity index (χ0) is 31.8. The van der Waals surface area contributed by atoms with E-state index >= 15 is 0 Å². The third kappa shape index (κ3) is 3.48. The Balaban J connectivity index is 1.38. The van der Waals surface area contributed by atoms with Gasteiger partial charge in [0.25, 0.3) is 8.53 Å². The second kappa shape index (κ2) is 9.32. The summed E-state index contributed by atoms with van der Waals surface area (Å²) in [6, 6.07) is 17.6. The second-order valence-electron chi connectivity index (χ2n) is 12.9. The smallest absolute Gasteiger partial charge is 0.288 e. The molecule has 3 unspecified atom stereocenters. The predicted octanol–water partition coefficient (Wildman–Crippen LogP) is 6.23. The lowest BCUT2D eigenvalue weighted by Crippen LogP contribution is -2.40. The summed E-state index contributed by atoms with van der Waals surface area (Å²) in [7, 11) is -2.48. The minimum absolute atomic E-state index is 0.0278. The lowest BCUT2D eigenvalue weighted by Gasteiger charge is -2.28. The van der Waals surface area contributed by atoms with Gasteiger partial charge in [-0.05, 0) is 35.6 Å². The van der Waals surface area contributed by atoms with Crippen LogP contribution in [0, 0.1) is 5.92 Å². The van der Waals surface area contributed by atoms with E-state index in [1.165, 1.54) is 4.34 Å². The van der Waals surface area contributed by atoms with Gasteiger partial charge >= 0.3 is 0 Å². The van der Waals surface area contributed by atoms with Crippen molar-refractivity contribution in [3.63, 3.8) is 0 Å². The van der Waals surface area contributed by atoms with Crippen molar-refractivity contribution in [2.24, 2.45) is 5.92 Å². The summed E-state index contributed by atoms with van der Waals surface area (Å²) >= 11 is 0. The number of fused-ring (bicyclic) bond motifs is 7. The van der Waals surface area contributed by atoms with E-state index in [1.807, 2.05) is 50.2 Å². The second-order valence-corrected chi connectivity index (χ2v) is 13.9. The van der Waals surface area contributed by atoms with Crippen LogP contribution in [0.5, 0.6) is 5.75 Å². The zero-order valence-electron chi connectivity index (χ0n) is 25.3. The Morgan fingerprint density at radius 3 is 2.70 bits per heavy atom. The number of nitrogens with one attached hydrogen (secondary N) is 2. The van der Waals surface area contributed by atoms with Crippen LogP contribution in [0.2, 0.25) is 0 Å². The maximum atomic E-state index is 13.2. The van der Waals surface area contributed by atoms with Gasteiger partial charge in [-0.3, -0.25) is 9.13 Å². The van der Waals surface area contributed by atoms with E-state index < -0.39 is 26.2 Å². The van der Waals surface area contributed by atoms with Crippen LogP contribution < -0.4 is 15.4 Å². The normalized spacial score (nSPS) is 21.6. The third-order valence-electron chi connectivity index (χ3n) is 10.0. The Morgan fingerprint density at radius 1 is 1.00 bits per heavy atom. The summed E-state index contributed by atoms with van der Waals surface area (Å²) in [4.78, 5) is 43.9. The third-order valence-corrected chi connectivity index (χ3v) is 10.7. The fraction of sp³-hybridized carbons (Fsp3) is 0.229. The van der Waals surface area contributed by atoms with Gasteiger partial charge in [0, 0.05) is 45.9 Å². The topological polar surface area (TPSA) is 148 Å². The van der Waals surface area contributed by atoms with Gasteiger partial charge in [0.2, 0.25) is 17.7 Å². The molecule has 10 rings (SSSR count). The molecule has 0 saturated carbocycles. The van der Waals surface area contributed by atoms with Crippen LogP contribution in [0.1, 0.15) is 54.7 Å². The number of ether oxygens (including phenoxy) is 1. The summed E-state index contributed by atoms with van der Waals surface area (Å²) in [6.07, 6.45) is 3.61. The molecule has 12 heteroatoms. The van der Waals surface area contributed by atoms with Crippen molar-refractivity contribution < 1.29 is 28.2 Å². The Morgan fingerprint density at radius 2 is 1.85 bits per heavy atom. The van der Waals surface area contributed by atoms with Crippen molar-refractivity contribution in [1.82, 2.24) is 19.6 Å². The van der Waals surface area contributed by atoms with E-state index in [0.717, 1.165) is 38.9 Å². The lowest BCUT2D eigenvalue weighted by molar-refractivity contribution is -0.122. The number of carbonyl (C=O) groups excluding carboxylic acids is 1. The average Bonchev–Trinajstić information content (AvgIpc) is 3.87. The van der Waals surface area contributed by atoms with Gasteiger partial charge < -0.3 is 34.0 Å². The number of carbonyl (C=O) groups is 1. The number of para-hydroxylation sites is 1. The zero-order valence-corrected chi connectivity index (χ0v) is 26.2. The standard InChI is InChI=1S/C35H28N5O6P/c1-16(2)28-33-38-30-31(46-33)35-21-7-3-6-19(29(21)39-34(35)45-24-11-9-17(13-22(24)35)10-12-26(41)37-28)18-5-4-8-23-27(18)20(15-40(23)47(42)43)25-14-36-32(30)44-25/h3-9,11,13-16,28,34,39,42-43H,10,12H2,1-2H3,(H,37,41). The fourth-order valence-corrected chi connectivity index (χ4v) is 8.49. The van der Waals surface area contributed by atoms with Crippen molar-refractivity contribution in [3.8, 4) is 39.8 Å². The molecule has 234 valence electrons. The molecule has 1 spiro atoms. The Kier molecular flexibility index (Phi) is 5.39. The highest BCUT2D eigenvalue weighted by atomic mass is 31.2. The van der Waals surface area contributed by atoms with Crippen LogP contribution >= 0.6 is 8.53 Å². The van der Waals surface area contributed by atoms with E-state index in [4.69, 9.17) is 23.5 Å². The number of rotatable bonds is 2. The van der Waals surface area contributed by atoms with Crippen LogP contribution in [-0.2, 0) is 16.6 Å². The number of amides is 1. The molecule has 10 bridgehead atoms. The van der Waals surface area contributed by atoms with Crippen LogP contribution in [0.25, 0.3) is 44.9 Å². The van der Waals surface area contributed by atoms with Gasteiger partial charge in [0.15, 0.2) is 23.4 Å². The monoisotopic (exact) mass is 645 g/mol. The molecule has 0 radical (unpaired) electrons. The van der Waals surface area contributed by atoms with E-state index in [2.05, 4.69) is 28.8 Å². The highest BCUT2D eigenvalue weighted by Crippen LogP contribution is 2.61. The fourth-order valence-electron chi connectivity index (χ4n) is 7.92. The maximum absolute atomic E-state index is 13.2. The predicted molar refractivity (Wildman–Crippen MR) is 174 cm³/mol. The van der Waals surface area contributed by atoms with Crippen molar-refractivity contribution in [3.05, 3.63) is 95.3 Å². The van der Waals surface area contributed by atoms with Crippen molar-refractivity contribution in [2.75, 3.05) is 5.32 Å². The van der Waals surface area contributed by atoms with Gasteiger partial charge in [-0.1, -0.05) is 56.3 Å². The average molecular weight is 646 g/mol. The molecule has 6 aromatic rings. The number of aromatic nitrogens is 3. The number of hydrogen-bond donors (Lipinski definition) is 4. The molecule has 0 saturated heterocycles. The van der Waals surface area contributed by atoms with Crippen molar-refractivity contribution in [1.29, 1.82) is 0 Å². The molecule has 0 aliphatic carbocycles. The molecule has 1 amide bonds. The van der Waals surface area contributed by atoms with Crippen LogP contribution in [0.4, 0.5) is 5.69 Å². The Labute approximate surface area is 269 Å². The first kappa shape index (κ1) is 27.2. The summed E-state index contributed by atoms with van der Waals surface area (Å²) in [5.74, 6) is 2.15. The molecule has 4 aliphatic heterocycles. The molecule has 3 aromatic carbocycles. The summed E-state index contributed by atoms with van der Waals surface area (Å²) in [5.41, 5.74) is 6.28. The number of hydrogen-bond acceptors (Lipinski definition) is 9. The van der Waals surface area contributed by atoms with E-state index in [-0.39, 0.29) is 17.7 Å². The summed E-state index contributed by atoms with van der Waals surface area (Å²) < 4.78 is 21.7. The van der Waals surface area contributed by atoms with Crippen molar-refractivity contribution in [2.45, 2.75) is 44.4 Å². The highest BCUT2D eigenvalue weighted by molar-refractivity contribution is 7.43. The highest BCUT2D eigenvalue weighted by Gasteiger charge is 2.61. The number of anilines is 1. The van der Waals surface area contributed by atoms with Gasteiger partial charge in [-0.25, -0.2) is 9.97 Å². The number of benzene rings is 3. The maximum Gasteiger partial charge on any atom is 0.288 e. The van der Waals surface area contributed by atoms with Crippen LogP contribution in [0.15, 0.2) is 75.8 Å². The molecule has 11 nitrogen and oxygen atoms in total.